The first kappa shape index (κ1) is 14.4. The summed E-state index contributed by atoms with van der Waals surface area (Å²) in [6.07, 6.45) is 0. The molecular weight excluding hydrogens is 262 g/mol. The molecular formula is C13H17N3O4. The van der Waals surface area contributed by atoms with Crippen LogP contribution in [0.4, 0.5) is 11.4 Å². The van der Waals surface area contributed by atoms with Gasteiger partial charge in [0.05, 0.1) is 24.2 Å². The first-order chi connectivity index (χ1) is 9.58. The van der Waals surface area contributed by atoms with Crippen molar-refractivity contribution in [2.24, 2.45) is 0 Å². The zero-order chi connectivity index (χ0) is 14.5. The van der Waals surface area contributed by atoms with Crippen molar-refractivity contribution in [3.05, 3.63) is 34.4 Å². The van der Waals surface area contributed by atoms with Gasteiger partial charge in [-0.1, -0.05) is 0 Å². The van der Waals surface area contributed by atoms with Gasteiger partial charge in [-0.15, -0.1) is 0 Å². The largest absolute Gasteiger partial charge is 0.379 e. The molecule has 1 aromatic carbocycles. The van der Waals surface area contributed by atoms with Crippen LogP contribution in [0.5, 0.6) is 0 Å². The van der Waals surface area contributed by atoms with Gasteiger partial charge in [-0.3, -0.25) is 19.8 Å². The Morgan fingerprint density at radius 2 is 1.95 bits per heavy atom. The van der Waals surface area contributed by atoms with Crippen molar-refractivity contribution in [3.8, 4) is 0 Å². The lowest BCUT2D eigenvalue weighted by Gasteiger charge is -2.31. The normalized spacial score (nSPS) is 17.4. The summed E-state index contributed by atoms with van der Waals surface area (Å²) in [6.45, 7) is 4.57. The highest BCUT2D eigenvalue weighted by Crippen LogP contribution is 2.16. The predicted octanol–water partition coefficient (Wildman–Crippen LogP) is 1.25. The van der Waals surface area contributed by atoms with Crippen molar-refractivity contribution in [1.29, 1.82) is 0 Å². The van der Waals surface area contributed by atoms with E-state index in [1.807, 2.05) is 11.8 Å². The number of anilines is 1. The van der Waals surface area contributed by atoms with Gasteiger partial charge < -0.3 is 10.1 Å². The number of rotatable bonds is 4. The van der Waals surface area contributed by atoms with Crippen molar-refractivity contribution in [3.63, 3.8) is 0 Å². The summed E-state index contributed by atoms with van der Waals surface area (Å²) in [6, 6.07) is 5.54. The zero-order valence-electron chi connectivity index (χ0n) is 11.2. The average molecular weight is 279 g/mol. The minimum absolute atomic E-state index is 0.00391. The predicted molar refractivity (Wildman–Crippen MR) is 73.6 cm³/mol. The van der Waals surface area contributed by atoms with Gasteiger partial charge in [0.1, 0.15) is 0 Å². The third-order valence-corrected chi connectivity index (χ3v) is 3.32. The summed E-state index contributed by atoms with van der Waals surface area (Å²) < 4.78 is 5.25. The van der Waals surface area contributed by atoms with E-state index in [-0.39, 0.29) is 17.6 Å². The van der Waals surface area contributed by atoms with E-state index >= 15 is 0 Å². The molecule has 1 saturated heterocycles. The molecule has 1 aromatic rings. The van der Waals surface area contributed by atoms with E-state index in [1.54, 1.807) is 0 Å². The SMILES string of the molecule is CC(C(=O)Nc1ccc([N+](=O)[O-])cc1)N1CCOCC1. The monoisotopic (exact) mass is 279 g/mol. The van der Waals surface area contributed by atoms with E-state index < -0.39 is 4.92 Å². The van der Waals surface area contributed by atoms with Crippen LogP contribution in [0.25, 0.3) is 0 Å². The van der Waals surface area contributed by atoms with Crippen LogP contribution < -0.4 is 5.32 Å². The molecule has 1 N–H and O–H groups in total. The fraction of sp³-hybridized carbons (Fsp3) is 0.462. The zero-order valence-corrected chi connectivity index (χ0v) is 11.2. The highest BCUT2D eigenvalue weighted by molar-refractivity contribution is 5.94. The van der Waals surface area contributed by atoms with Gasteiger partial charge in [0.2, 0.25) is 5.91 Å². The highest BCUT2D eigenvalue weighted by atomic mass is 16.6. The van der Waals surface area contributed by atoms with Gasteiger partial charge in [-0.25, -0.2) is 0 Å². The summed E-state index contributed by atoms with van der Waals surface area (Å²) in [7, 11) is 0. The van der Waals surface area contributed by atoms with Crippen molar-refractivity contribution >= 4 is 17.3 Å². The average Bonchev–Trinajstić information content (AvgIpc) is 2.48. The first-order valence-electron chi connectivity index (χ1n) is 6.45. The highest BCUT2D eigenvalue weighted by Gasteiger charge is 2.23. The summed E-state index contributed by atoms with van der Waals surface area (Å²) in [4.78, 5) is 24.2. The van der Waals surface area contributed by atoms with Crippen LogP contribution in [-0.4, -0.2) is 48.1 Å². The van der Waals surface area contributed by atoms with Crippen LogP contribution >= 0.6 is 0 Å². The molecule has 1 atom stereocenters. The molecule has 1 unspecified atom stereocenters. The lowest BCUT2D eigenvalue weighted by molar-refractivity contribution is -0.384. The molecule has 1 amide bonds. The second kappa shape index (κ2) is 6.44. The molecule has 0 saturated carbocycles. The number of hydrogen-bond acceptors (Lipinski definition) is 5. The first-order valence-corrected chi connectivity index (χ1v) is 6.45. The molecule has 7 nitrogen and oxygen atoms in total. The molecule has 0 radical (unpaired) electrons. The Morgan fingerprint density at radius 3 is 2.50 bits per heavy atom. The Morgan fingerprint density at radius 1 is 1.35 bits per heavy atom. The van der Waals surface area contributed by atoms with Crippen LogP contribution in [-0.2, 0) is 9.53 Å². The number of morpholine rings is 1. The Kier molecular flexibility index (Phi) is 4.65. The summed E-state index contributed by atoms with van der Waals surface area (Å²) in [5.41, 5.74) is 0.560. The molecule has 108 valence electrons. The molecule has 20 heavy (non-hydrogen) atoms. The van der Waals surface area contributed by atoms with E-state index in [1.165, 1.54) is 24.3 Å². The third-order valence-electron chi connectivity index (χ3n) is 3.32. The van der Waals surface area contributed by atoms with Crippen molar-refractivity contribution in [2.75, 3.05) is 31.6 Å². The lowest BCUT2D eigenvalue weighted by Crippen LogP contribution is -2.47. The molecule has 0 aromatic heterocycles. The molecule has 1 heterocycles. The van der Waals surface area contributed by atoms with Crippen molar-refractivity contribution < 1.29 is 14.5 Å². The van der Waals surface area contributed by atoms with Crippen LogP contribution in [0.1, 0.15) is 6.92 Å². The van der Waals surface area contributed by atoms with E-state index in [0.717, 1.165) is 13.1 Å². The fourth-order valence-corrected chi connectivity index (χ4v) is 2.04. The minimum Gasteiger partial charge on any atom is -0.379 e. The van der Waals surface area contributed by atoms with Crippen molar-refractivity contribution in [2.45, 2.75) is 13.0 Å². The van der Waals surface area contributed by atoms with Crippen LogP contribution in [0.15, 0.2) is 24.3 Å². The van der Waals surface area contributed by atoms with E-state index in [2.05, 4.69) is 5.32 Å². The molecule has 0 aliphatic carbocycles. The number of ether oxygens (including phenoxy) is 1. The second-order valence-corrected chi connectivity index (χ2v) is 4.62. The van der Waals surface area contributed by atoms with E-state index in [0.29, 0.717) is 18.9 Å². The lowest BCUT2D eigenvalue weighted by atomic mass is 10.2. The van der Waals surface area contributed by atoms with Gasteiger partial charge in [0, 0.05) is 30.9 Å². The van der Waals surface area contributed by atoms with Crippen LogP contribution in [0.2, 0.25) is 0 Å². The maximum atomic E-state index is 12.1. The number of carbonyl (C=O) groups excluding carboxylic acids is 1. The van der Waals surface area contributed by atoms with Gasteiger partial charge in [-0.2, -0.15) is 0 Å². The molecule has 7 heteroatoms. The number of nitro groups is 1. The van der Waals surface area contributed by atoms with E-state index in [4.69, 9.17) is 4.74 Å². The molecule has 1 aliphatic heterocycles. The number of nitro benzene ring substituents is 1. The van der Waals surface area contributed by atoms with Crippen LogP contribution in [0, 0.1) is 10.1 Å². The summed E-state index contributed by atoms with van der Waals surface area (Å²) in [5.74, 6) is -0.124. The number of non-ortho nitro benzene ring substituents is 1. The van der Waals surface area contributed by atoms with Crippen molar-refractivity contribution in [1.82, 2.24) is 4.90 Å². The molecule has 0 bridgehead atoms. The van der Waals surface area contributed by atoms with Gasteiger partial charge in [0.15, 0.2) is 0 Å². The van der Waals surface area contributed by atoms with Crippen LogP contribution in [0.3, 0.4) is 0 Å². The second-order valence-electron chi connectivity index (χ2n) is 4.62. The Bertz CT molecular complexity index is 483. The van der Waals surface area contributed by atoms with Gasteiger partial charge in [0.25, 0.3) is 5.69 Å². The third kappa shape index (κ3) is 3.52. The smallest absolute Gasteiger partial charge is 0.269 e. The maximum Gasteiger partial charge on any atom is 0.269 e. The topological polar surface area (TPSA) is 84.7 Å². The van der Waals surface area contributed by atoms with E-state index in [9.17, 15) is 14.9 Å². The number of benzene rings is 1. The Balaban J connectivity index is 1.94. The molecule has 1 fully saturated rings. The molecule has 1 aliphatic rings. The standard InChI is InChI=1S/C13H17N3O4/c1-10(15-6-8-20-9-7-15)13(17)14-11-2-4-12(5-3-11)16(18)19/h2-5,10H,6-9H2,1H3,(H,14,17). The molecule has 0 spiro atoms. The number of amides is 1. The van der Waals surface area contributed by atoms with Gasteiger partial charge in [-0.05, 0) is 19.1 Å². The minimum atomic E-state index is -0.470. The summed E-state index contributed by atoms with van der Waals surface area (Å²) in [5, 5.41) is 13.3. The number of nitrogens with one attached hydrogen (secondary N) is 1. The Labute approximate surface area is 116 Å². The fourth-order valence-electron chi connectivity index (χ4n) is 2.04. The Hall–Kier alpha value is -1.99. The number of nitrogens with zero attached hydrogens (tertiary/aromatic N) is 2. The molecule has 2 rings (SSSR count). The van der Waals surface area contributed by atoms with Gasteiger partial charge >= 0.3 is 0 Å². The summed E-state index contributed by atoms with van der Waals surface area (Å²) >= 11 is 0. The quantitative estimate of drug-likeness (QED) is 0.662. The number of carbonyl (C=O) groups is 1. The number of hydrogen-bond donors (Lipinski definition) is 1. The maximum absolute atomic E-state index is 12.1.